The Hall–Kier alpha value is -1.88. The molecule has 0 radical (unpaired) electrons. The standard InChI is InChI=1S/C12H17N5/c1-16(8-12-14-9-15-17(12)2)11-6-4-3-5-10(11)7-13/h3-6,9H,7-8,13H2,1-2H3. The Morgan fingerprint density at radius 3 is 2.76 bits per heavy atom. The van der Waals surface area contributed by atoms with Crippen molar-refractivity contribution >= 4 is 5.69 Å². The van der Waals surface area contributed by atoms with Crippen molar-refractivity contribution in [2.75, 3.05) is 11.9 Å². The van der Waals surface area contributed by atoms with Crippen molar-refractivity contribution in [1.82, 2.24) is 14.8 Å². The van der Waals surface area contributed by atoms with Gasteiger partial charge in [0.15, 0.2) is 0 Å². The quantitative estimate of drug-likeness (QED) is 0.849. The topological polar surface area (TPSA) is 60.0 Å². The van der Waals surface area contributed by atoms with Gasteiger partial charge in [-0.05, 0) is 11.6 Å². The van der Waals surface area contributed by atoms with E-state index in [4.69, 9.17) is 5.73 Å². The predicted octanol–water partition coefficient (Wildman–Crippen LogP) is 0.910. The number of rotatable bonds is 4. The fraction of sp³-hybridized carbons (Fsp3) is 0.333. The molecule has 0 saturated carbocycles. The van der Waals surface area contributed by atoms with Crippen molar-refractivity contribution in [3.8, 4) is 0 Å². The molecule has 1 aromatic carbocycles. The molecule has 0 fully saturated rings. The van der Waals surface area contributed by atoms with Crippen LogP contribution in [-0.2, 0) is 20.1 Å². The van der Waals surface area contributed by atoms with Crippen molar-refractivity contribution in [3.05, 3.63) is 42.0 Å². The molecule has 2 aromatic rings. The highest BCUT2D eigenvalue weighted by atomic mass is 15.3. The third-order valence-corrected chi connectivity index (χ3v) is 2.81. The van der Waals surface area contributed by atoms with Gasteiger partial charge in [0.1, 0.15) is 12.2 Å². The first-order valence-corrected chi connectivity index (χ1v) is 5.54. The van der Waals surface area contributed by atoms with Gasteiger partial charge in [-0.1, -0.05) is 18.2 Å². The molecule has 17 heavy (non-hydrogen) atoms. The highest BCUT2D eigenvalue weighted by molar-refractivity contribution is 5.52. The monoisotopic (exact) mass is 231 g/mol. The van der Waals surface area contributed by atoms with Crippen LogP contribution in [0.2, 0.25) is 0 Å². The zero-order valence-corrected chi connectivity index (χ0v) is 10.2. The van der Waals surface area contributed by atoms with E-state index in [0.29, 0.717) is 13.1 Å². The first kappa shape index (κ1) is 11.6. The lowest BCUT2D eigenvalue weighted by Crippen LogP contribution is -2.21. The molecule has 5 nitrogen and oxygen atoms in total. The molecule has 1 heterocycles. The minimum Gasteiger partial charge on any atom is -0.367 e. The molecule has 2 N–H and O–H groups in total. The zero-order chi connectivity index (χ0) is 12.3. The average Bonchev–Trinajstić information content (AvgIpc) is 2.75. The Morgan fingerprint density at radius 2 is 2.12 bits per heavy atom. The van der Waals surface area contributed by atoms with Crippen molar-refractivity contribution < 1.29 is 0 Å². The Balaban J connectivity index is 2.20. The lowest BCUT2D eigenvalue weighted by Gasteiger charge is -2.21. The Labute approximate surface area is 101 Å². The van der Waals surface area contributed by atoms with Crippen molar-refractivity contribution in [1.29, 1.82) is 0 Å². The molecule has 0 atom stereocenters. The minimum absolute atomic E-state index is 0.541. The number of nitrogens with two attached hydrogens (primary N) is 1. The summed E-state index contributed by atoms with van der Waals surface area (Å²) in [7, 11) is 3.92. The Kier molecular flexibility index (Phi) is 3.39. The van der Waals surface area contributed by atoms with E-state index >= 15 is 0 Å². The van der Waals surface area contributed by atoms with Crippen molar-refractivity contribution in [3.63, 3.8) is 0 Å². The number of aryl methyl sites for hydroxylation is 1. The van der Waals surface area contributed by atoms with E-state index in [1.807, 2.05) is 32.3 Å². The molecule has 0 spiro atoms. The van der Waals surface area contributed by atoms with E-state index in [1.165, 1.54) is 0 Å². The molecule has 0 aliphatic carbocycles. The number of anilines is 1. The number of para-hydroxylation sites is 1. The number of aromatic nitrogens is 3. The van der Waals surface area contributed by atoms with Crippen LogP contribution in [0.5, 0.6) is 0 Å². The van der Waals surface area contributed by atoms with Crippen LogP contribution in [0, 0.1) is 0 Å². The van der Waals surface area contributed by atoms with Crippen LogP contribution in [0.3, 0.4) is 0 Å². The van der Waals surface area contributed by atoms with Gasteiger partial charge in [0.2, 0.25) is 0 Å². The molecule has 0 aliphatic rings. The second kappa shape index (κ2) is 4.97. The van der Waals surface area contributed by atoms with Crippen LogP contribution in [0.1, 0.15) is 11.4 Å². The third kappa shape index (κ3) is 2.45. The molecule has 0 aliphatic heterocycles. The van der Waals surface area contributed by atoms with Crippen molar-refractivity contribution in [2.24, 2.45) is 12.8 Å². The Morgan fingerprint density at radius 1 is 1.35 bits per heavy atom. The maximum atomic E-state index is 5.73. The van der Waals surface area contributed by atoms with Gasteiger partial charge in [-0.3, -0.25) is 4.68 Å². The van der Waals surface area contributed by atoms with Gasteiger partial charge < -0.3 is 10.6 Å². The molecular weight excluding hydrogens is 214 g/mol. The van der Waals surface area contributed by atoms with Crippen LogP contribution in [-0.4, -0.2) is 21.8 Å². The SMILES string of the molecule is CN(Cc1ncnn1C)c1ccccc1CN. The van der Waals surface area contributed by atoms with Gasteiger partial charge in [0.05, 0.1) is 6.54 Å². The number of benzene rings is 1. The summed E-state index contributed by atoms with van der Waals surface area (Å²) in [6.07, 6.45) is 1.57. The summed E-state index contributed by atoms with van der Waals surface area (Å²) in [5.74, 6) is 0.930. The smallest absolute Gasteiger partial charge is 0.146 e. The molecule has 1 aromatic heterocycles. The van der Waals surface area contributed by atoms with Crippen LogP contribution in [0.15, 0.2) is 30.6 Å². The first-order valence-electron chi connectivity index (χ1n) is 5.54. The van der Waals surface area contributed by atoms with Crippen molar-refractivity contribution in [2.45, 2.75) is 13.1 Å². The molecule has 0 bridgehead atoms. The van der Waals surface area contributed by atoms with Crippen LogP contribution < -0.4 is 10.6 Å². The molecule has 5 heteroatoms. The van der Waals surface area contributed by atoms with Crippen LogP contribution in [0.4, 0.5) is 5.69 Å². The summed E-state index contributed by atoms with van der Waals surface area (Å²) in [6.45, 7) is 1.26. The summed E-state index contributed by atoms with van der Waals surface area (Å²) in [6, 6.07) is 8.13. The van der Waals surface area contributed by atoms with E-state index in [-0.39, 0.29) is 0 Å². The van der Waals surface area contributed by atoms with Gasteiger partial charge in [0, 0.05) is 26.3 Å². The normalized spacial score (nSPS) is 10.5. The molecule has 0 saturated heterocycles. The number of hydrogen-bond acceptors (Lipinski definition) is 4. The third-order valence-electron chi connectivity index (χ3n) is 2.81. The summed E-state index contributed by atoms with van der Waals surface area (Å²) in [5.41, 5.74) is 8.01. The Bertz CT molecular complexity index is 491. The second-order valence-electron chi connectivity index (χ2n) is 3.99. The fourth-order valence-electron chi connectivity index (χ4n) is 1.82. The van der Waals surface area contributed by atoms with E-state index in [2.05, 4.69) is 21.0 Å². The highest BCUT2D eigenvalue weighted by Gasteiger charge is 2.09. The molecule has 0 unspecified atom stereocenters. The maximum absolute atomic E-state index is 5.73. The fourth-order valence-corrected chi connectivity index (χ4v) is 1.82. The summed E-state index contributed by atoms with van der Waals surface area (Å²) < 4.78 is 1.78. The largest absolute Gasteiger partial charge is 0.367 e. The van der Waals surface area contributed by atoms with Crippen LogP contribution >= 0.6 is 0 Å². The highest BCUT2D eigenvalue weighted by Crippen LogP contribution is 2.19. The van der Waals surface area contributed by atoms with E-state index in [1.54, 1.807) is 11.0 Å². The molecule has 2 rings (SSSR count). The predicted molar refractivity (Wildman–Crippen MR) is 67.4 cm³/mol. The van der Waals surface area contributed by atoms with E-state index < -0.39 is 0 Å². The van der Waals surface area contributed by atoms with Gasteiger partial charge in [-0.15, -0.1) is 0 Å². The maximum Gasteiger partial charge on any atom is 0.146 e. The summed E-state index contributed by atoms with van der Waals surface area (Å²) in [4.78, 5) is 6.35. The van der Waals surface area contributed by atoms with Gasteiger partial charge in [-0.2, -0.15) is 5.10 Å². The molecule has 0 amide bonds. The number of hydrogen-bond donors (Lipinski definition) is 1. The molecular formula is C12H17N5. The average molecular weight is 231 g/mol. The van der Waals surface area contributed by atoms with Crippen LogP contribution in [0.25, 0.3) is 0 Å². The lowest BCUT2D eigenvalue weighted by molar-refractivity contribution is 0.687. The summed E-state index contributed by atoms with van der Waals surface area (Å²) >= 11 is 0. The zero-order valence-electron chi connectivity index (χ0n) is 10.2. The molecule has 90 valence electrons. The minimum atomic E-state index is 0.541. The lowest BCUT2D eigenvalue weighted by atomic mass is 10.1. The second-order valence-corrected chi connectivity index (χ2v) is 3.99. The first-order chi connectivity index (χ1) is 8.22. The van der Waals surface area contributed by atoms with Gasteiger partial charge in [-0.25, -0.2) is 4.98 Å². The van der Waals surface area contributed by atoms with E-state index in [9.17, 15) is 0 Å². The van der Waals surface area contributed by atoms with Gasteiger partial charge >= 0.3 is 0 Å². The number of nitrogens with zero attached hydrogens (tertiary/aromatic N) is 4. The van der Waals surface area contributed by atoms with Gasteiger partial charge in [0.25, 0.3) is 0 Å². The van der Waals surface area contributed by atoms with E-state index in [0.717, 1.165) is 17.1 Å². The summed E-state index contributed by atoms with van der Waals surface area (Å²) in [5, 5.41) is 4.06.